The lowest BCUT2D eigenvalue weighted by atomic mass is 9.96. The molecule has 0 aromatic heterocycles. The van der Waals surface area contributed by atoms with Crippen LogP contribution >= 0.6 is 0 Å². The third-order valence-corrected chi connectivity index (χ3v) is 3.13. The van der Waals surface area contributed by atoms with Gasteiger partial charge in [-0.05, 0) is 29.2 Å². The number of carboxylic acids is 1. The molecule has 20 heavy (non-hydrogen) atoms. The Kier molecular flexibility index (Phi) is 3.84. The van der Waals surface area contributed by atoms with Gasteiger partial charge in [-0.25, -0.2) is 13.6 Å². The molecular formula is C16H14F2O2. The Morgan fingerprint density at radius 3 is 2.20 bits per heavy atom. The maximum atomic E-state index is 14.0. The predicted octanol–water partition coefficient (Wildman–Crippen LogP) is 4.45. The second kappa shape index (κ2) is 5.41. The maximum absolute atomic E-state index is 14.0. The fourth-order valence-corrected chi connectivity index (χ4v) is 2.03. The van der Waals surface area contributed by atoms with E-state index in [1.54, 1.807) is 18.2 Å². The number of aromatic carboxylic acids is 1. The van der Waals surface area contributed by atoms with Crippen LogP contribution in [0, 0.1) is 11.6 Å². The van der Waals surface area contributed by atoms with Crippen molar-refractivity contribution in [2.45, 2.75) is 19.8 Å². The van der Waals surface area contributed by atoms with E-state index in [9.17, 15) is 13.6 Å². The first-order valence-electron chi connectivity index (χ1n) is 6.23. The normalized spacial score (nSPS) is 10.8. The van der Waals surface area contributed by atoms with Gasteiger partial charge in [-0.15, -0.1) is 0 Å². The number of hydrogen-bond acceptors (Lipinski definition) is 1. The molecule has 0 spiro atoms. The van der Waals surface area contributed by atoms with Gasteiger partial charge in [0.1, 0.15) is 11.6 Å². The molecule has 104 valence electrons. The molecule has 2 nitrogen and oxygen atoms in total. The average Bonchev–Trinajstić information content (AvgIpc) is 2.38. The van der Waals surface area contributed by atoms with E-state index in [0.717, 1.165) is 17.7 Å². The zero-order valence-electron chi connectivity index (χ0n) is 11.2. The molecule has 0 unspecified atom stereocenters. The number of hydrogen-bond donors (Lipinski definition) is 1. The average molecular weight is 276 g/mol. The van der Waals surface area contributed by atoms with Crippen molar-refractivity contribution < 1.29 is 18.7 Å². The van der Waals surface area contributed by atoms with Crippen molar-refractivity contribution in [3.05, 3.63) is 59.2 Å². The molecule has 1 N–H and O–H groups in total. The van der Waals surface area contributed by atoms with Crippen molar-refractivity contribution in [2.75, 3.05) is 0 Å². The topological polar surface area (TPSA) is 37.3 Å². The largest absolute Gasteiger partial charge is 0.478 e. The molecular weight excluding hydrogens is 262 g/mol. The van der Waals surface area contributed by atoms with Gasteiger partial charge in [-0.1, -0.05) is 38.1 Å². The molecule has 0 saturated carbocycles. The van der Waals surface area contributed by atoms with Crippen LogP contribution in [0.15, 0.2) is 36.4 Å². The van der Waals surface area contributed by atoms with Crippen molar-refractivity contribution in [3.8, 4) is 11.1 Å². The highest BCUT2D eigenvalue weighted by atomic mass is 19.1. The first-order valence-corrected chi connectivity index (χ1v) is 6.23. The number of halogens is 2. The summed E-state index contributed by atoms with van der Waals surface area (Å²) in [7, 11) is 0. The Bertz CT molecular complexity index is 640. The van der Waals surface area contributed by atoms with E-state index in [1.807, 2.05) is 19.9 Å². The minimum absolute atomic E-state index is 0.197. The van der Waals surface area contributed by atoms with Crippen LogP contribution in [0.2, 0.25) is 0 Å². The Morgan fingerprint density at radius 1 is 1.10 bits per heavy atom. The lowest BCUT2D eigenvalue weighted by Crippen LogP contribution is -2.01. The van der Waals surface area contributed by atoms with E-state index in [4.69, 9.17) is 5.11 Å². The van der Waals surface area contributed by atoms with E-state index < -0.39 is 23.2 Å². The van der Waals surface area contributed by atoms with E-state index in [0.29, 0.717) is 5.56 Å². The summed E-state index contributed by atoms with van der Waals surface area (Å²) in [6, 6.07) is 8.61. The van der Waals surface area contributed by atoms with Gasteiger partial charge in [0.2, 0.25) is 0 Å². The van der Waals surface area contributed by atoms with E-state index in [-0.39, 0.29) is 11.5 Å². The molecule has 0 aliphatic carbocycles. The van der Waals surface area contributed by atoms with Gasteiger partial charge in [0, 0.05) is 0 Å². The summed E-state index contributed by atoms with van der Waals surface area (Å²) < 4.78 is 28.0. The van der Waals surface area contributed by atoms with Gasteiger partial charge in [-0.3, -0.25) is 0 Å². The lowest BCUT2D eigenvalue weighted by Gasteiger charge is -2.10. The molecule has 2 aromatic rings. The summed E-state index contributed by atoms with van der Waals surface area (Å²) in [6.07, 6.45) is 0. The van der Waals surface area contributed by atoms with Crippen LogP contribution in [0.4, 0.5) is 8.78 Å². The highest BCUT2D eigenvalue weighted by molar-refractivity contribution is 5.88. The monoisotopic (exact) mass is 276 g/mol. The number of rotatable bonds is 3. The molecule has 2 rings (SSSR count). The van der Waals surface area contributed by atoms with Crippen LogP contribution in [0.5, 0.6) is 0 Å². The second-order valence-electron chi connectivity index (χ2n) is 4.90. The Hall–Kier alpha value is -2.23. The Morgan fingerprint density at radius 2 is 1.70 bits per heavy atom. The highest BCUT2D eigenvalue weighted by Crippen LogP contribution is 2.29. The summed E-state index contributed by atoms with van der Waals surface area (Å²) in [5.41, 5.74) is 0.771. The summed E-state index contributed by atoms with van der Waals surface area (Å²) >= 11 is 0. The molecule has 0 aliphatic heterocycles. The maximum Gasteiger partial charge on any atom is 0.335 e. The zero-order chi connectivity index (χ0) is 14.9. The first-order chi connectivity index (χ1) is 9.40. The fraction of sp³-hybridized carbons (Fsp3) is 0.188. The zero-order valence-corrected chi connectivity index (χ0v) is 11.2. The molecule has 2 aromatic carbocycles. The molecule has 0 radical (unpaired) electrons. The van der Waals surface area contributed by atoms with Gasteiger partial charge in [0.15, 0.2) is 0 Å². The molecule has 0 heterocycles. The van der Waals surface area contributed by atoms with Crippen LogP contribution in [0.3, 0.4) is 0 Å². The van der Waals surface area contributed by atoms with Crippen LogP contribution < -0.4 is 0 Å². The SMILES string of the molecule is CC(C)c1cccc(-c2c(F)cc(C(=O)O)cc2F)c1. The summed E-state index contributed by atoms with van der Waals surface area (Å²) in [5, 5.41) is 8.78. The van der Waals surface area contributed by atoms with Gasteiger partial charge < -0.3 is 5.11 Å². The van der Waals surface area contributed by atoms with Crippen molar-refractivity contribution >= 4 is 5.97 Å². The summed E-state index contributed by atoms with van der Waals surface area (Å²) in [5.74, 6) is -2.86. The first kappa shape index (κ1) is 14.2. The lowest BCUT2D eigenvalue weighted by molar-refractivity contribution is 0.0696. The molecule has 0 aliphatic rings. The fourth-order valence-electron chi connectivity index (χ4n) is 2.03. The minimum Gasteiger partial charge on any atom is -0.478 e. The van der Waals surface area contributed by atoms with Gasteiger partial charge in [-0.2, -0.15) is 0 Å². The minimum atomic E-state index is -1.36. The number of benzene rings is 2. The standard InChI is InChI=1S/C16H14F2O2/c1-9(2)10-4-3-5-11(6-10)15-13(17)7-12(16(19)20)8-14(15)18/h3-9H,1-2H3,(H,19,20). The summed E-state index contributed by atoms with van der Waals surface area (Å²) in [6.45, 7) is 3.97. The van der Waals surface area contributed by atoms with E-state index >= 15 is 0 Å². The third-order valence-electron chi connectivity index (χ3n) is 3.13. The van der Waals surface area contributed by atoms with Crippen molar-refractivity contribution in [3.63, 3.8) is 0 Å². The van der Waals surface area contributed by atoms with Crippen LogP contribution in [0.25, 0.3) is 11.1 Å². The van der Waals surface area contributed by atoms with Gasteiger partial charge in [0.05, 0.1) is 11.1 Å². The third kappa shape index (κ3) is 2.69. The van der Waals surface area contributed by atoms with E-state index in [1.165, 1.54) is 0 Å². The molecule has 0 fully saturated rings. The van der Waals surface area contributed by atoms with Crippen LogP contribution in [-0.4, -0.2) is 11.1 Å². The second-order valence-corrected chi connectivity index (χ2v) is 4.90. The van der Waals surface area contributed by atoms with Crippen molar-refractivity contribution in [1.29, 1.82) is 0 Å². The predicted molar refractivity (Wildman–Crippen MR) is 72.8 cm³/mol. The highest BCUT2D eigenvalue weighted by Gasteiger charge is 2.16. The van der Waals surface area contributed by atoms with Crippen molar-refractivity contribution in [1.82, 2.24) is 0 Å². The van der Waals surface area contributed by atoms with Crippen molar-refractivity contribution in [2.24, 2.45) is 0 Å². The van der Waals surface area contributed by atoms with E-state index in [2.05, 4.69) is 0 Å². The smallest absolute Gasteiger partial charge is 0.335 e. The van der Waals surface area contributed by atoms with Gasteiger partial charge >= 0.3 is 5.97 Å². The van der Waals surface area contributed by atoms with Gasteiger partial charge in [0.25, 0.3) is 0 Å². The molecule has 0 saturated heterocycles. The quantitative estimate of drug-likeness (QED) is 0.899. The molecule has 0 amide bonds. The number of carboxylic acid groups (broad SMARTS) is 1. The molecule has 4 heteroatoms. The van der Waals surface area contributed by atoms with Crippen LogP contribution in [0.1, 0.15) is 35.7 Å². The Labute approximate surface area is 115 Å². The van der Waals surface area contributed by atoms with Crippen LogP contribution in [-0.2, 0) is 0 Å². The molecule has 0 bridgehead atoms. The summed E-state index contributed by atoms with van der Waals surface area (Å²) in [4.78, 5) is 10.8. The Balaban J connectivity index is 2.58. The number of carbonyl (C=O) groups is 1. The molecule has 0 atom stereocenters.